The first-order valence-corrected chi connectivity index (χ1v) is 8.14. The van der Waals surface area contributed by atoms with Crippen molar-refractivity contribution >= 4 is 17.4 Å². The van der Waals surface area contributed by atoms with Crippen molar-refractivity contribution in [2.24, 2.45) is 11.8 Å². The minimum atomic E-state index is -0.0818. The molecule has 2 N–H and O–H groups in total. The molecule has 3 rings (SSSR count). The van der Waals surface area contributed by atoms with E-state index in [0.717, 1.165) is 30.3 Å². The van der Waals surface area contributed by atoms with E-state index in [0.29, 0.717) is 18.4 Å². The lowest BCUT2D eigenvalue weighted by molar-refractivity contribution is 0.185. The second-order valence-electron chi connectivity index (χ2n) is 5.73. The Morgan fingerprint density at radius 3 is 3.00 bits per heavy atom. The molecule has 0 aromatic carbocycles. The average Bonchev–Trinajstić information content (AvgIpc) is 2.96. The third-order valence-corrected chi connectivity index (χ3v) is 4.90. The normalized spacial score (nSPS) is 23.6. The second-order valence-corrected chi connectivity index (χ2v) is 6.62. The van der Waals surface area contributed by atoms with Crippen LogP contribution in [0.5, 0.6) is 0 Å². The van der Waals surface area contributed by atoms with Gasteiger partial charge in [0.25, 0.3) is 0 Å². The quantitative estimate of drug-likeness (QED) is 0.875. The van der Waals surface area contributed by atoms with E-state index in [1.54, 1.807) is 11.3 Å². The van der Waals surface area contributed by atoms with Gasteiger partial charge in [-0.25, -0.2) is 9.78 Å². The van der Waals surface area contributed by atoms with Gasteiger partial charge in [0.1, 0.15) is 5.01 Å². The molecule has 110 valence electrons. The van der Waals surface area contributed by atoms with Crippen LogP contribution in [0, 0.1) is 18.8 Å². The Morgan fingerprint density at radius 2 is 2.40 bits per heavy atom. The zero-order valence-corrected chi connectivity index (χ0v) is 12.5. The lowest BCUT2D eigenvalue weighted by Crippen LogP contribution is -2.40. The van der Waals surface area contributed by atoms with Crippen molar-refractivity contribution in [2.45, 2.75) is 32.2 Å². The number of amides is 2. The summed E-state index contributed by atoms with van der Waals surface area (Å²) >= 11 is 1.64. The molecule has 1 aromatic heterocycles. The van der Waals surface area contributed by atoms with E-state index in [9.17, 15) is 4.79 Å². The van der Waals surface area contributed by atoms with E-state index in [-0.39, 0.29) is 12.1 Å². The SMILES string of the molecule is Cc1csc([C@H](NC(=O)NC[C@H]2CCOC2)C2CC2)n1. The van der Waals surface area contributed by atoms with Gasteiger partial charge < -0.3 is 15.4 Å². The molecule has 1 aromatic rings. The summed E-state index contributed by atoms with van der Waals surface area (Å²) in [4.78, 5) is 16.6. The van der Waals surface area contributed by atoms with Crippen LogP contribution >= 0.6 is 11.3 Å². The summed E-state index contributed by atoms with van der Waals surface area (Å²) in [5.74, 6) is 1.02. The van der Waals surface area contributed by atoms with Gasteiger partial charge in [-0.15, -0.1) is 11.3 Å². The van der Waals surface area contributed by atoms with Gasteiger partial charge in [0.2, 0.25) is 0 Å². The molecule has 1 saturated carbocycles. The Bertz CT molecular complexity index is 467. The van der Waals surface area contributed by atoms with Gasteiger partial charge in [-0.1, -0.05) is 0 Å². The molecule has 0 spiro atoms. The fourth-order valence-corrected chi connectivity index (χ4v) is 3.44. The van der Waals surface area contributed by atoms with Gasteiger partial charge in [0.15, 0.2) is 0 Å². The smallest absolute Gasteiger partial charge is 0.315 e. The number of ether oxygens (including phenoxy) is 1. The van der Waals surface area contributed by atoms with Crippen LogP contribution in [0.2, 0.25) is 0 Å². The predicted molar refractivity (Wildman–Crippen MR) is 77.8 cm³/mol. The summed E-state index contributed by atoms with van der Waals surface area (Å²) in [6.45, 7) is 4.26. The van der Waals surface area contributed by atoms with Crippen LogP contribution in [0.1, 0.15) is 36.0 Å². The molecule has 2 fully saturated rings. The zero-order valence-electron chi connectivity index (χ0n) is 11.7. The molecule has 2 aliphatic rings. The highest BCUT2D eigenvalue weighted by Gasteiger charge is 2.35. The van der Waals surface area contributed by atoms with Gasteiger partial charge in [-0.2, -0.15) is 0 Å². The van der Waals surface area contributed by atoms with Crippen LogP contribution in [0.25, 0.3) is 0 Å². The van der Waals surface area contributed by atoms with Crippen molar-refractivity contribution in [1.82, 2.24) is 15.6 Å². The van der Waals surface area contributed by atoms with Crippen molar-refractivity contribution in [3.63, 3.8) is 0 Å². The van der Waals surface area contributed by atoms with Crippen molar-refractivity contribution in [2.75, 3.05) is 19.8 Å². The maximum absolute atomic E-state index is 12.0. The summed E-state index contributed by atoms with van der Waals surface area (Å²) in [6.07, 6.45) is 3.40. The molecule has 2 amide bonds. The Hall–Kier alpha value is -1.14. The number of nitrogens with zero attached hydrogens (tertiary/aromatic N) is 1. The lowest BCUT2D eigenvalue weighted by Gasteiger charge is -2.17. The second kappa shape index (κ2) is 6.10. The first-order chi connectivity index (χ1) is 9.72. The van der Waals surface area contributed by atoms with Gasteiger partial charge in [0.05, 0.1) is 12.6 Å². The van der Waals surface area contributed by atoms with Gasteiger partial charge in [0, 0.05) is 30.1 Å². The van der Waals surface area contributed by atoms with Crippen LogP contribution in [0.3, 0.4) is 0 Å². The highest BCUT2D eigenvalue weighted by molar-refractivity contribution is 7.09. The molecule has 0 bridgehead atoms. The number of aryl methyl sites for hydroxylation is 1. The molecule has 20 heavy (non-hydrogen) atoms. The molecule has 0 radical (unpaired) electrons. The largest absolute Gasteiger partial charge is 0.381 e. The highest BCUT2D eigenvalue weighted by atomic mass is 32.1. The topological polar surface area (TPSA) is 63.2 Å². The summed E-state index contributed by atoms with van der Waals surface area (Å²) in [5.41, 5.74) is 1.03. The van der Waals surface area contributed by atoms with E-state index in [1.807, 2.05) is 12.3 Å². The van der Waals surface area contributed by atoms with Crippen molar-refractivity contribution < 1.29 is 9.53 Å². The third-order valence-electron chi connectivity index (χ3n) is 3.86. The molecular weight excluding hydrogens is 274 g/mol. The number of hydrogen-bond acceptors (Lipinski definition) is 4. The fraction of sp³-hybridized carbons (Fsp3) is 0.714. The summed E-state index contributed by atoms with van der Waals surface area (Å²) in [7, 11) is 0. The summed E-state index contributed by atoms with van der Waals surface area (Å²) in [6, 6.07) is -0.00446. The molecule has 2 atom stereocenters. The standard InChI is InChI=1S/C14H21N3O2S/c1-9-8-20-13(16-9)12(11-2-3-11)17-14(18)15-6-10-4-5-19-7-10/h8,10-12H,2-7H2,1H3,(H2,15,17,18)/t10-,12-/m1/s1. The van der Waals surface area contributed by atoms with E-state index in [4.69, 9.17) is 4.74 Å². The Balaban J connectivity index is 1.52. The molecule has 5 nitrogen and oxygen atoms in total. The number of rotatable bonds is 5. The molecule has 1 aliphatic heterocycles. The zero-order chi connectivity index (χ0) is 13.9. The van der Waals surface area contributed by atoms with E-state index < -0.39 is 0 Å². The Labute approximate surface area is 123 Å². The first-order valence-electron chi connectivity index (χ1n) is 7.26. The number of carbonyl (C=O) groups excluding carboxylic acids is 1. The van der Waals surface area contributed by atoms with Crippen LogP contribution in [0.4, 0.5) is 4.79 Å². The first kappa shape index (κ1) is 13.8. The van der Waals surface area contributed by atoms with E-state index in [2.05, 4.69) is 15.6 Å². The van der Waals surface area contributed by atoms with Crippen molar-refractivity contribution in [3.05, 3.63) is 16.1 Å². The molecule has 1 saturated heterocycles. The van der Waals surface area contributed by atoms with Gasteiger partial charge >= 0.3 is 6.03 Å². The average molecular weight is 295 g/mol. The Kier molecular flexibility index (Phi) is 4.21. The maximum atomic E-state index is 12.0. The Morgan fingerprint density at radius 1 is 1.55 bits per heavy atom. The molecule has 1 aliphatic carbocycles. The maximum Gasteiger partial charge on any atom is 0.315 e. The number of aromatic nitrogens is 1. The number of carbonyl (C=O) groups is 1. The monoisotopic (exact) mass is 295 g/mol. The number of hydrogen-bond donors (Lipinski definition) is 2. The minimum Gasteiger partial charge on any atom is -0.381 e. The number of nitrogens with one attached hydrogen (secondary N) is 2. The minimum absolute atomic E-state index is 0.0773. The van der Waals surface area contributed by atoms with E-state index >= 15 is 0 Å². The van der Waals surface area contributed by atoms with Crippen molar-refractivity contribution in [3.8, 4) is 0 Å². The summed E-state index contributed by atoms with van der Waals surface area (Å²) < 4.78 is 5.31. The van der Waals surface area contributed by atoms with Crippen LogP contribution in [0.15, 0.2) is 5.38 Å². The van der Waals surface area contributed by atoms with Crippen molar-refractivity contribution in [1.29, 1.82) is 0 Å². The van der Waals surface area contributed by atoms with Gasteiger partial charge in [-0.3, -0.25) is 0 Å². The number of thiazole rings is 1. The molecular formula is C14H21N3O2S. The van der Waals surface area contributed by atoms with Crippen LogP contribution in [-0.2, 0) is 4.74 Å². The molecule has 2 heterocycles. The predicted octanol–water partition coefficient (Wildman–Crippen LogP) is 2.24. The van der Waals surface area contributed by atoms with Crippen LogP contribution in [-0.4, -0.2) is 30.8 Å². The van der Waals surface area contributed by atoms with E-state index in [1.165, 1.54) is 12.8 Å². The lowest BCUT2D eigenvalue weighted by atomic mass is 10.1. The molecule has 0 unspecified atom stereocenters. The van der Waals surface area contributed by atoms with Gasteiger partial charge in [-0.05, 0) is 32.1 Å². The molecule has 6 heteroatoms. The third kappa shape index (κ3) is 3.49. The van der Waals surface area contributed by atoms with Crippen LogP contribution < -0.4 is 10.6 Å². The highest BCUT2D eigenvalue weighted by Crippen LogP contribution is 2.41. The fourth-order valence-electron chi connectivity index (χ4n) is 2.50. The number of urea groups is 1. The summed E-state index contributed by atoms with van der Waals surface area (Å²) in [5, 5.41) is 9.12.